The maximum atomic E-state index is 10.6. The van der Waals surface area contributed by atoms with Crippen molar-refractivity contribution in [2.45, 2.75) is 20.8 Å². The van der Waals surface area contributed by atoms with E-state index in [1.807, 2.05) is 32.9 Å². The van der Waals surface area contributed by atoms with Gasteiger partial charge in [-0.1, -0.05) is 26.0 Å². The molecule has 0 bridgehead atoms. The maximum absolute atomic E-state index is 10.6. The van der Waals surface area contributed by atoms with Crippen molar-refractivity contribution >= 4 is 5.97 Å². The molecule has 0 amide bonds. The second-order valence-electron chi connectivity index (χ2n) is 3.69. The predicted octanol–water partition coefficient (Wildman–Crippen LogP) is 1.92. The fourth-order valence-corrected chi connectivity index (χ4v) is 1.72. The van der Waals surface area contributed by atoms with E-state index in [0.29, 0.717) is 0 Å². The van der Waals surface area contributed by atoms with Gasteiger partial charge in [0.25, 0.3) is 0 Å². The van der Waals surface area contributed by atoms with Crippen molar-refractivity contribution in [1.29, 1.82) is 0 Å². The van der Waals surface area contributed by atoms with E-state index in [4.69, 9.17) is 5.11 Å². The first-order valence-corrected chi connectivity index (χ1v) is 3.87. The van der Waals surface area contributed by atoms with Crippen LogP contribution in [0.3, 0.4) is 0 Å². The zero-order valence-electron chi connectivity index (χ0n) is 7.16. The molecule has 2 atom stereocenters. The Bertz CT molecular complexity index is 204. The minimum atomic E-state index is -0.668. The van der Waals surface area contributed by atoms with E-state index in [1.165, 1.54) is 0 Å². The molecular weight excluding hydrogens is 140 g/mol. The first kappa shape index (κ1) is 8.31. The van der Waals surface area contributed by atoms with E-state index in [-0.39, 0.29) is 17.3 Å². The van der Waals surface area contributed by atoms with E-state index in [2.05, 4.69) is 0 Å². The third-order valence-corrected chi connectivity index (χ3v) is 2.58. The minimum Gasteiger partial charge on any atom is -0.481 e. The fourth-order valence-electron chi connectivity index (χ4n) is 1.72. The lowest BCUT2D eigenvalue weighted by molar-refractivity contribution is -0.139. The molecular formula is C9H14O2. The Morgan fingerprint density at radius 1 is 1.55 bits per heavy atom. The van der Waals surface area contributed by atoms with Gasteiger partial charge in [-0.3, -0.25) is 4.79 Å². The Balaban J connectivity index is 2.68. The van der Waals surface area contributed by atoms with Crippen LogP contribution in [-0.4, -0.2) is 11.1 Å². The van der Waals surface area contributed by atoms with Crippen LogP contribution in [0.15, 0.2) is 12.2 Å². The fraction of sp³-hybridized carbons (Fsp3) is 0.667. The van der Waals surface area contributed by atoms with Crippen molar-refractivity contribution in [3.8, 4) is 0 Å². The number of hydrogen-bond acceptors (Lipinski definition) is 1. The van der Waals surface area contributed by atoms with Crippen molar-refractivity contribution in [2.75, 3.05) is 0 Å². The summed E-state index contributed by atoms with van der Waals surface area (Å²) in [7, 11) is 0. The smallest absolute Gasteiger partial charge is 0.307 e. The zero-order chi connectivity index (χ0) is 8.65. The van der Waals surface area contributed by atoms with Crippen molar-refractivity contribution < 1.29 is 9.90 Å². The standard InChI is InChI=1S/C9H14O2/c1-4-5-6-7(8(10)11)9(6,2)3/h4-7H,1-3H3,(H,10,11)/b5-4-/t6-,7+/m0/s1. The third kappa shape index (κ3) is 1.17. The molecule has 0 aliphatic heterocycles. The molecule has 0 radical (unpaired) electrons. The van der Waals surface area contributed by atoms with E-state index in [1.54, 1.807) is 0 Å². The molecule has 11 heavy (non-hydrogen) atoms. The third-order valence-electron chi connectivity index (χ3n) is 2.58. The van der Waals surface area contributed by atoms with Crippen LogP contribution in [0.1, 0.15) is 20.8 Å². The van der Waals surface area contributed by atoms with E-state index >= 15 is 0 Å². The second-order valence-corrected chi connectivity index (χ2v) is 3.69. The molecule has 2 nitrogen and oxygen atoms in total. The zero-order valence-corrected chi connectivity index (χ0v) is 7.16. The van der Waals surface area contributed by atoms with Gasteiger partial charge in [-0.05, 0) is 18.3 Å². The first-order valence-electron chi connectivity index (χ1n) is 3.87. The van der Waals surface area contributed by atoms with Crippen molar-refractivity contribution in [3.05, 3.63) is 12.2 Å². The Labute approximate surface area is 66.9 Å². The van der Waals surface area contributed by atoms with E-state index in [9.17, 15) is 4.79 Å². The summed E-state index contributed by atoms with van der Waals surface area (Å²) in [4.78, 5) is 10.6. The Morgan fingerprint density at radius 3 is 2.36 bits per heavy atom. The molecule has 1 saturated carbocycles. The molecule has 0 aromatic rings. The molecule has 1 rings (SSSR count). The number of carboxylic acid groups (broad SMARTS) is 1. The highest BCUT2D eigenvalue weighted by atomic mass is 16.4. The van der Waals surface area contributed by atoms with Gasteiger partial charge in [-0.2, -0.15) is 0 Å². The summed E-state index contributed by atoms with van der Waals surface area (Å²) in [6.07, 6.45) is 3.91. The number of carbonyl (C=O) groups is 1. The number of rotatable bonds is 2. The molecule has 0 unspecified atom stereocenters. The van der Waals surface area contributed by atoms with Crippen LogP contribution < -0.4 is 0 Å². The van der Waals surface area contributed by atoms with Crippen molar-refractivity contribution in [1.82, 2.24) is 0 Å². The van der Waals surface area contributed by atoms with Crippen LogP contribution in [0, 0.1) is 17.3 Å². The highest BCUT2D eigenvalue weighted by Gasteiger charge is 2.60. The van der Waals surface area contributed by atoms with Crippen LogP contribution in [0.4, 0.5) is 0 Å². The number of allylic oxidation sites excluding steroid dienone is 2. The second kappa shape index (κ2) is 2.36. The molecule has 1 aliphatic rings. The largest absolute Gasteiger partial charge is 0.481 e. The van der Waals surface area contributed by atoms with Crippen molar-refractivity contribution in [2.24, 2.45) is 17.3 Å². The van der Waals surface area contributed by atoms with Crippen LogP contribution in [0.2, 0.25) is 0 Å². The van der Waals surface area contributed by atoms with Gasteiger partial charge in [-0.25, -0.2) is 0 Å². The van der Waals surface area contributed by atoms with Crippen LogP contribution in [0.5, 0.6) is 0 Å². The first-order chi connectivity index (χ1) is 5.01. The van der Waals surface area contributed by atoms with Crippen LogP contribution in [0.25, 0.3) is 0 Å². The highest BCUT2D eigenvalue weighted by Crippen LogP contribution is 2.58. The van der Waals surface area contributed by atoms with Gasteiger partial charge >= 0.3 is 5.97 Å². The van der Waals surface area contributed by atoms with Gasteiger partial charge < -0.3 is 5.11 Å². The Morgan fingerprint density at radius 2 is 2.09 bits per heavy atom. The van der Waals surface area contributed by atoms with Gasteiger partial charge in [-0.15, -0.1) is 0 Å². The summed E-state index contributed by atoms with van der Waals surface area (Å²) in [5.74, 6) is -0.596. The highest BCUT2D eigenvalue weighted by molar-refractivity contribution is 5.76. The average Bonchev–Trinajstić information content (AvgIpc) is 2.35. The van der Waals surface area contributed by atoms with Gasteiger partial charge in [0, 0.05) is 0 Å². The molecule has 0 aromatic heterocycles. The summed E-state index contributed by atoms with van der Waals surface area (Å²) < 4.78 is 0. The van der Waals surface area contributed by atoms with Crippen LogP contribution in [-0.2, 0) is 4.79 Å². The molecule has 1 N–H and O–H groups in total. The lowest BCUT2D eigenvalue weighted by Gasteiger charge is -1.95. The lowest BCUT2D eigenvalue weighted by atomic mass is 10.1. The normalized spacial score (nSPS) is 34.1. The lowest BCUT2D eigenvalue weighted by Crippen LogP contribution is -2.02. The Hall–Kier alpha value is -0.790. The quantitative estimate of drug-likeness (QED) is 0.617. The topological polar surface area (TPSA) is 37.3 Å². The Kier molecular flexibility index (Phi) is 1.78. The number of aliphatic carboxylic acids is 1. The summed E-state index contributed by atoms with van der Waals surface area (Å²) >= 11 is 0. The van der Waals surface area contributed by atoms with E-state index < -0.39 is 5.97 Å². The predicted molar refractivity (Wildman–Crippen MR) is 43.2 cm³/mol. The molecule has 1 fully saturated rings. The number of hydrogen-bond donors (Lipinski definition) is 1. The maximum Gasteiger partial charge on any atom is 0.307 e. The van der Waals surface area contributed by atoms with E-state index in [0.717, 1.165) is 0 Å². The van der Waals surface area contributed by atoms with Gasteiger partial charge in [0.15, 0.2) is 0 Å². The molecule has 62 valence electrons. The van der Waals surface area contributed by atoms with Gasteiger partial charge in [0.1, 0.15) is 0 Å². The molecule has 2 heteroatoms. The summed E-state index contributed by atoms with van der Waals surface area (Å²) in [5.41, 5.74) is -0.0294. The minimum absolute atomic E-state index is 0.0294. The van der Waals surface area contributed by atoms with Gasteiger partial charge in [0.05, 0.1) is 5.92 Å². The molecule has 0 spiro atoms. The molecule has 0 aromatic carbocycles. The monoisotopic (exact) mass is 154 g/mol. The average molecular weight is 154 g/mol. The summed E-state index contributed by atoms with van der Waals surface area (Å²) in [6, 6.07) is 0. The molecule has 0 saturated heterocycles. The molecule has 1 aliphatic carbocycles. The summed E-state index contributed by atoms with van der Waals surface area (Å²) in [6.45, 7) is 5.92. The number of carboxylic acids is 1. The van der Waals surface area contributed by atoms with Crippen LogP contribution >= 0.6 is 0 Å². The SMILES string of the molecule is C/C=C\[C@H]1[C@H](C(=O)O)C1(C)C. The molecule has 0 heterocycles. The van der Waals surface area contributed by atoms with Crippen molar-refractivity contribution in [3.63, 3.8) is 0 Å². The van der Waals surface area contributed by atoms with Gasteiger partial charge in [0.2, 0.25) is 0 Å². The summed E-state index contributed by atoms with van der Waals surface area (Å²) in [5, 5.41) is 8.75.